The van der Waals surface area contributed by atoms with Crippen LogP contribution in [0.4, 0.5) is 0 Å². The van der Waals surface area contributed by atoms with Crippen molar-refractivity contribution < 1.29 is 4.79 Å². The molecule has 2 heterocycles. The fraction of sp³-hybridized carbons (Fsp3) is 0.571. The van der Waals surface area contributed by atoms with Gasteiger partial charge in [0.2, 0.25) is 5.91 Å². The van der Waals surface area contributed by atoms with Crippen molar-refractivity contribution in [1.29, 1.82) is 0 Å². The summed E-state index contributed by atoms with van der Waals surface area (Å²) >= 11 is 1.74. The predicted octanol–water partition coefficient (Wildman–Crippen LogP) is 1.74. The molecule has 0 radical (unpaired) electrons. The minimum Gasteiger partial charge on any atom is -0.356 e. The van der Waals surface area contributed by atoms with Crippen LogP contribution in [0.2, 0.25) is 0 Å². The average Bonchev–Trinajstić information content (AvgIpc) is 3.05. The minimum atomic E-state index is -0.115. The maximum Gasteiger partial charge on any atom is 0.224 e. The molecule has 1 amide bonds. The van der Waals surface area contributed by atoms with Gasteiger partial charge in [-0.05, 0) is 20.3 Å². The summed E-state index contributed by atoms with van der Waals surface area (Å²) in [4.78, 5) is 21.6. The van der Waals surface area contributed by atoms with Gasteiger partial charge in [0.25, 0.3) is 0 Å². The molecular formula is C14H21N5OS. The number of nitrogens with one attached hydrogen (secondary N) is 1. The van der Waals surface area contributed by atoms with Crippen molar-refractivity contribution in [2.75, 3.05) is 6.54 Å². The summed E-state index contributed by atoms with van der Waals surface area (Å²) in [6.45, 7) is 7.24. The zero-order valence-corrected chi connectivity index (χ0v) is 13.5. The minimum absolute atomic E-state index is 0.0528. The van der Waals surface area contributed by atoms with E-state index >= 15 is 0 Å². The maximum absolute atomic E-state index is 12.0. The molecule has 0 aromatic carbocycles. The molecule has 0 bridgehead atoms. The summed E-state index contributed by atoms with van der Waals surface area (Å²) in [5, 5.41) is 8.11. The lowest BCUT2D eigenvalue weighted by atomic mass is 10.1. The largest absolute Gasteiger partial charge is 0.356 e. The molecule has 1 N–H and O–H groups in total. The molecule has 0 spiro atoms. The standard InChI is InChI=1S/C14H21N5OS/c1-10(7-19-9-15-8-17-19)14(20)16-6-4-5-13-18-11(2)12(3)21-13/h8-10H,4-7H2,1-3H3,(H,16,20). The van der Waals surface area contributed by atoms with Crippen LogP contribution in [0.25, 0.3) is 0 Å². The van der Waals surface area contributed by atoms with E-state index < -0.39 is 0 Å². The van der Waals surface area contributed by atoms with Crippen LogP contribution in [0.3, 0.4) is 0 Å². The second kappa shape index (κ2) is 7.31. The van der Waals surface area contributed by atoms with Gasteiger partial charge in [-0.15, -0.1) is 11.3 Å². The van der Waals surface area contributed by atoms with Crippen molar-refractivity contribution >= 4 is 17.2 Å². The summed E-state index contributed by atoms with van der Waals surface area (Å²) in [6.07, 6.45) is 4.92. The number of hydrogen-bond acceptors (Lipinski definition) is 5. The van der Waals surface area contributed by atoms with E-state index in [-0.39, 0.29) is 11.8 Å². The van der Waals surface area contributed by atoms with Crippen molar-refractivity contribution in [2.24, 2.45) is 5.92 Å². The van der Waals surface area contributed by atoms with E-state index in [0.717, 1.165) is 23.5 Å². The van der Waals surface area contributed by atoms with Crippen molar-refractivity contribution in [3.63, 3.8) is 0 Å². The Bertz CT molecular complexity index is 559. The van der Waals surface area contributed by atoms with E-state index in [1.807, 2.05) is 13.8 Å². The molecule has 0 fully saturated rings. The molecule has 114 valence electrons. The van der Waals surface area contributed by atoms with Gasteiger partial charge >= 0.3 is 0 Å². The van der Waals surface area contributed by atoms with Crippen LogP contribution >= 0.6 is 11.3 Å². The highest BCUT2D eigenvalue weighted by Crippen LogP contribution is 2.17. The highest BCUT2D eigenvalue weighted by Gasteiger charge is 2.13. The Balaban J connectivity index is 1.67. The Morgan fingerprint density at radius 1 is 1.48 bits per heavy atom. The molecule has 2 rings (SSSR count). The number of aromatic nitrogens is 4. The molecule has 0 aliphatic carbocycles. The second-order valence-corrected chi connectivity index (χ2v) is 6.45. The molecule has 1 unspecified atom stereocenters. The monoisotopic (exact) mass is 307 g/mol. The first-order valence-corrected chi connectivity index (χ1v) is 7.91. The quantitative estimate of drug-likeness (QED) is 0.791. The first-order valence-electron chi connectivity index (χ1n) is 7.09. The van der Waals surface area contributed by atoms with Gasteiger partial charge in [-0.25, -0.2) is 9.97 Å². The molecular weight excluding hydrogens is 286 g/mol. The number of aryl methyl sites for hydroxylation is 3. The normalized spacial score (nSPS) is 12.3. The van der Waals surface area contributed by atoms with Crippen molar-refractivity contribution in [2.45, 2.75) is 40.2 Å². The van der Waals surface area contributed by atoms with E-state index in [4.69, 9.17) is 0 Å². The first kappa shape index (κ1) is 15.6. The van der Waals surface area contributed by atoms with Crippen molar-refractivity contribution in [3.05, 3.63) is 28.2 Å². The third-order valence-corrected chi connectivity index (χ3v) is 4.45. The second-order valence-electron chi connectivity index (χ2n) is 5.16. The molecule has 21 heavy (non-hydrogen) atoms. The third-order valence-electron chi connectivity index (χ3n) is 3.31. The fourth-order valence-corrected chi connectivity index (χ4v) is 2.94. The summed E-state index contributed by atoms with van der Waals surface area (Å²) in [5.74, 6) is -0.0620. The smallest absolute Gasteiger partial charge is 0.224 e. The summed E-state index contributed by atoms with van der Waals surface area (Å²) in [6, 6.07) is 0. The number of nitrogens with zero attached hydrogens (tertiary/aromatic N) is 4. The molecule has 1 atom stereocenters. The highest BCUT2D eigenvalue weighted by atomic mass is 32.1. The van der Waals surface area contributed by atoms with Crippen LogP contribution in [0, 0.1) is 19.8 Å². The van der Waals surface area contributed by atoms with Gasteiger partial charge < -0.3 is 5.32 Å². The van der Waals surface area contributed by atoms with Gasteiger partial charge in [0.1, 0.15) is 12.7 Å². The Hall–Kier alpha value is -1.76. The van der Waals surface area contributed by atoms with Crippen LogP contribution in [0.15, 0.2) is 12.7 Å². The Morgan fingerprint density at radius 2 is 2.29 bits per heavy atom. The molecule has 2 aromatic rings. The van der Waals surface area contributed by atoms with Crippen LogP contribution in [0.5, 0.6) is 0 Å². The molecule has 0 aliphatic rings. The molecule has 6 nitrogen and oxygen atoms in total. The van der Waals surface area contributed by atoms with Gasteiger partial charge in [-0.2, -0.15) is 5.10 Å². The number of amides is 1. The number of thiazole rings is 1. The van der Waals surface area contributed by atoms with E-state index in [2.05, 4.69) is 27.3 Å². The average molecular weight is 307 g/mol. The zero-order chi connectivity index (χ0) is 15.2. The summed E-state index contributed by atoms with van der Waals surface area (Å²) in [5.41, 5.74) is 1.11. The van der Waals surface area contributed by atoms with Crippen LogP contribution in [-0.2, 0) is 17.8 Å². The Kier molecular flexibility index (Phi) is 5.44. The number of carbonyl (C=O) groups excluding carboxylic acids is 1. The molecule has 7 heteroatoms. The van der Waals surface area contributed by atoms with Gasteiger partial charge in [-0.1, -0.05) is 6.92 Å². The van der Waals surface area contributed by atoms with Crippen molar-refractivity contribution in [3.8, 4) is 0 Å². The fourth-order valence-electron chi connectivity index (χ4n) is 1.96. The van der Waals surface area contributed by atoms with Crippen LogP contribution in [0.1, 0.15) is 28.9 Å². The SMILES string of the molecule is Cc1nc(CCCNC(=O)C(C)Cn2cncn2)sc1C. The summed E-state index contributed by atoms with van der Waals surface area (Å²) in [7, 11) is 0. The van der Waals surface area contributed by atoms with Crippen LogP contribution in [-0.4, -0.2) is 32.2 Å². The van der Waals surface area contributed by atoms with E-state index in [0.29, 0.717) is 13.1 Å². The topological polar surface area (TPSA) is 72.7 Å². The molecule has 0 saturated carbocycles. The first-order chi connectivity index (χ1) is 10.1. The molecule has 0 saturated heterocycles. The Labute approximate surface area is 128 Å². The summed E-state index contributed by atoms with van der Waals surface area (Å²) < 4.78 is 1.67. The molecule has 2 aromatic heterocycles. The van der Waals surface area contributed by atoms with Gasteiger partial charge in [0.05, 0.1) is 23.2 Å². The van der Waals surface area contributed by atoms with E-state index in [1.54, 1.807) is 22.3 Å². The highest BCUT2D eigenvalue weighted by molar-refractivity contribution is 7.11. The zero-order valence-electron chi connectivity index (χ0n) is 12.7. The molecule has 0 aliphatic heterocycles. The number of hydrogen-bond donors (Lipinski definition) is 1. The lowest BCUT2D eigenvalue weighted by Crippen LogP contribution is -2.32. The predicted molar refractivity (Wildman–Crippen MR) is 82.1 cm³/mol. The van der Waals surface area contributed by atoms with Crippen LogP contribution < -0.4 is 5.32 Å². The third kappa shape index (κ3) is 4.63. The van der Waals surface area contributed by atoms with E-state index in [1.165, 1.54) is 11.2 Å². The van der Waals surface area contributed by atoms with E-state index in [9.17, 15) is 4.79 Å². The Morgan fingerprint density at radius 3 is 2.90 bits per heavy atom. The van der Waals surface area contributed by atoms with Gasteiger partial charge in [0, 0.05) is 17.8 Å². The van der Waals surface area contributed by atoms with Gasteiger partial charge in [-0.3, -0.25) is 9.48 Å². The van der Waals surface area contributed by atoms with Gasteiger partial charge in [0.15, 0.2) is 0 Å². The maximum atomic E-state index is 12.0. The van der Waals surface area contributed by atoms with Crippen molar-refractivity contribution in [1.82, 2.24) is 25.1 Å². The number of carbonyl (C=O) groups is 1. The lowest BCUT2D eigenvalue weighted by molar-refractivity contribution is -0.124. The lowest BCUT2D eigenvalue weighted by Gasteiger charge is -2.11. The number of rotatable bonds is 7.